The minimum absolute atomic E-state index is 0.702. The van der Waals surface area contributed by atoms with Gasteiger partial charge in [0.25, 0.3) is 0 Å². The third-order valence-corrected chi connectivity index (χ3v) is 3.69. The SMILES string of the molecule is CC1CCc2[nH]nc(-c3cccc(C=O)c3)c2C1. The summed E-state index contributed by atoms with van der Waals surface area (Å²) < 4.78 is 0. The molecule has 18 heavy (non-hydrogen) atoms. The van der Waals surface area contributed by atoms with Crippen molar-refractivity contribution in [2.24, 2.45) is 5.92 Å². The largest absolute Gasteiger partial charge is 0.298 e. The smallest absolute Gasteiger partial charge is 0.150 e. The fourth-order valence-electron chi connectivity index (χ4n) is 2.67. The van der Waals surface area contributed by atoms with Crippen LogP contribution in [0.1, 0.15) is 35.0 Å². The van der Waals surface area contributed by atoms with Gasteiger partial charge in [0.15, 0.2) is 0 Å². The van der Waals surface area contributed by atoms with Gasteiger partial charge in [-0.15, -0.1) is 0 Å². The third kappa shape index (κ3) is 1.86. The van der Waals surface area contributed by atoms with Crippen molar-refractivity contribution in [1.82, 2.24) is 10.2 Å². The molecule has 1 aromatic carbocycles. The standard InChI is InChI=1S/C15H16N2O/c1-10-5-6-14-13(7-10)15(17-16-14)12-4-2-3-11(8-12)9-18/h2-4,8-10H,5-7H2,1H3,(H,16,17). The highest BCUT2D eigenvalue weighted by Gasteiger charge is 2.21. The van der Waals surface area contributed by atoms with Gasteiger partial charge in [0, 0.05) is 22.4 Å². The quantitative estimate of drug-likeness (QED) is 0.820. The highest BCUT2D eigenvalue weighted by atomic mass is 16.1. The van der Waals surface area contributed by atoms with Crippen LogP contribution in [-0.4, -0.2) is 16.5 Å². The molecule has 92 valence electrons. The first kappa shape index (κ1) is 11.2. The summed E-state index contributed by atoms with van der Waals surface area (Å²) in [6, 6.07) is 7.65. The Morgan fingerprint density at radius 2 is 2.33 bits per heavy atom. The Kier molecular flexibility index (Phi) is 2.74. The lowest BCUT2D eigenvalue weighted by molar-refractivity contribution is 0.112. The van der Waals surface area contributed by atoms with Crippen LogP contribution >= 0.6 is 0 Å². The first-order valence-corrected chi connectivity index (χ1v) is 6.39. The number of aromatic amines is 1. The Morgan fingerprint density at radius 3 is 3.17 bits per heavy atom. The Balaban J connectivity index is 2.06. The minimum Gasteiger partial charge on any atom is -0.298 e. The van der Waals surface area contributed by atoms with Gasteiger partial charge in [0.05, 0.1) is 5.69 Å². The number of nitrogens with one attached hydrogen (secondary N) is 1. The van der Waals surface area contributed by atoms with Crippen LogP contribution in [0.2, 0.25) is 0 Å². The summed E-state index contributed by atoms with van der Waals surface area (Å²) >= 11 is 0. The Bertz CT molecular complexity index is 586. The predicted octanol–water partition coefficient (Wildman–Crippen LogP) is 3.01. The Hall–Kier alpha value is -1.90. The van der Waals surface area contributed by atoms with Crippen molar-refractivity contribution in [1.29, 1.82) is 0 Å². The molecule has 0 amide bonds. The third-order valence-electron chi connectivity index (χ3n) is 3.69. The second-order valence-electron chi connectivity index (χ2n) is 5.12. The zero-order valence-corrected chi connectivity index (χ0v) is 10.4. The van der Waals surface area contributed by atoms with Gasteiger partial charge in [-0.25, -0.2) is 0 Å². The van der Waals surface area contributed by atoms with Crippen LogP contribution in [0.15, 0.2) is 24.3 Å². The first-order chi connectivity index (χ1) is 8.78. The number of hydrogen-bond acceptors (Lipinski definition) is 2. The van der Waals surface area contributed by atoms with Gasteiger partial charge < -0.3 is 0 Å². The molecule has 0 bridgehead atoms. The zero-order valence-electron chi connectivity index (χ0n) is 10.4. The van der Waals surface area contributed by atoms with E-state index in [1.165, 1.54) is 17.7 Å². The number of carbonyl (C=O) groups is 1. The summed E-state index contributed by atoms with van der Waals surface area (Å²) in [7, 11) is 0. The number of aromatic nitrogens is 2. The van der Waals surface area contributed by atoms with E-state index in [9.17, 15) is 4.79 Å². The summed E-state index contributed by atoms with van der Waals surface area (Å²) in [4.78, 5) is 10.8. The van der Waals surface area contributed by atoms with E-state index in [4.69, 9.17) is 0 Å². The molecule has 0 aliphatic heterocycles. The summed E-state index contributed by atoms with van der Waals surface area (Å²) in [6.07, 6.45) is 4.26. The number of carbonyl (C=O) groups excluding carboxylic acids is 1. The van der Waals surface area contributed by atoms with E-state index >= 15 is 0 Å². The van der Waals surface area contributed by atoms with E-state index in [0.29, 0.717) is 11.5 Å². The Labute approximate surface area is 106 Å². The molecular weight excluding hydrogens is 224 g/mol. The molecule has 1 unspecified atom stereocenters. The van der Waals surface area contributed by atoms with E-state index in [0.717, 1.165) is 30.4 Å². The van der Waals surface area contributed by atoms with Crippen molar-refractivity contribution in [3.8, 4) is 11.3 Å². The van der Waals surface area contributed by atoms with Crippen molar-refractivity contribution >= 4 is 6.29 Å². The van der Waals surface area contributed by atoms with Crippen LogP contribution in [0.4, 0.5) is 0 Å². The average Bonchev–Trinajstić information content (AvgIpc) is 2.81. The average molecular weight is 240 g/mol. The summed E-state index contributed by atoms with van der Waals surface area (Å²) in [5, 5.41) is 7.58. The van der Waals surface area contributed by atoms with Gasteiger partial charge >= 0.3 is 0 Å². The highest BCUT2D eigenvalue weighted by Crippen LogP contribution is 2.31. The molecule has 3 heteroatoms. The number of H-pyrrole nitrogens is 1. The van der Waals surface area contributed by atoms with Gasteiger partial charge in [-0.05, 0) is 31.2 Å². The number of nitrogens with zero attached hydrogens (tertiary/aromatic N) is 1. The van der Waals surface area contributed by atoms with Crippen LogP contribution in [0, 0.1) is 5.92 Å². The number of rotatable bonds is 2. The van der Waals surface area contributed by atoms with Crippen molar-refractivity contribution in [2.75, 3.05) is 0 Å². The molecule has 1 heterocycles. The fraction of sp³-hybridized carbons (Fsp3) is 0.333. The molecule has 0 radical (unpaired) electrons. The number of aryl methyl sites for hydroxylation is 1. The second-order valence-corrected chi connectivity index (χ2v) is 5.12. The molecule has 3 nitrogen and oxygen atoms in total. The topological polar surface area (TPSA) is 45.8 Å². The molecule has 0 fully saturated rings. The summed E-state index contributed by atoms with van der Waals surface area (Å²) in [6.45, 7) is 2.28. The predicted molar refractivity (Wildman–Crippen MR) is 70.6 cm³/mol. The monoisotopic (exact) mass is 240 g/mol. The lowest BCUT2D eigenvalue weighted by atomic mass is 9.86. The van der Waals surface area contributed by atoms with E-state index < -0.39 is 0 Å². The molecule has 1 N–H and O–H groups in total. The molecule has 3 rings (SSSR count). The molecule has 1 aliphatic rings. The van der Waals surface area contributed by atoms with E-state index in [2.05, 4.69) is 17.1 Å². The van der Waals surface area contributed by atoms with Crippen LogP contribution in [0.3, 0.4) is 0 Å². The number of aldehydes is 1. The first-order valence-electron chi connectivity index (χ1n) is 6.39. The molecule has 0 saturated carbocycles. The maximum absolute atomic E-state index is 10.8. The lowest BCUT2D eigenvalue weighted by Crippen LogP contribution is -2.10. The number of fused-ring (bicyclic) bond motifs is 1. The maximum Gasteiger partial charge on any atom is 0.150 e. The van der Waals surface area contributed by atoms with Crippen LogP contribution in [0.25, 0.3) is 11.3 Å². The van der Waals surface area contributed by atoms with E-state index in [1.807, 2.05) is 24.3 Å². The molecular formula is C15H16N2O. The summed E-state index contributed by atoms with van der Waals surface area (Å²) in [5.41, 5.74) is 5.34. The number of benzene rings is 1. The highest BCUT2D eigenvalue weighted by molar-refractivity contribution is 5.78. The van der Waals surface area contributed by atoms with Crippen LogP contribution in [-0.2, 0) is 12.8 Å². The van der Waals surface area contributed by atoms with Crippen molar-refractivity contribution in [3.05, 3.63) is 41.1 Å². The molecule has 1 atom stereocenters. The lowest BCUT2D eigenvalue weighted by Gasteiger charge is -2.18. The van der Waals surface area contributed by atoms with Crippen LogP contribution < -0.4 is 0 Å². The van der Waals surface area contributed by atoms with E-state index in [1.54, 1.807) is 0 Å². The van der Waals surface area contributed by atoms with Gasteiger partial charge in [0.2, 0.25) is 0 Å². The summed E-state index contributed by atoms with van der Waals surface area (Å²) in [5.74, 6) is 0.711. The minimum atomic E-state index is 0.702. The van der Waals surface area contributed by atoms with Gasteiger partial charge in [-0.2, -0.15) is 5.10 Å². The molecule has 1 aromatic heterocycles. The van der Waals surface area contributed by atoms with Gasteiger partial charge in [-0.1, -0.05) is 25.1 Å². The van der Waals surface area contributed by atoms with Crippen molar-refractivity contribution < 1.29 is 4.79 Å². The normalized spacial score (nSPS) is 18.4. The van der Waals surface area contributed by atoms with Gasteiger partial charge in [0.1, 0.15) is 6.29 Å². The van der Waals surface area contributed by atoms with Crippen LogP contribution in [0.5, 0.6) is 0 Å². The molecule has 1 aliphatic carbocycles. The second kappa shape index (κ2) is 4.41. The van der Waals surface area contributed by atoms with E-state index in [-0.39, 0.29) is 0 Å². The molecule has 0 saturated heterocycles. The maximum atomic E-state index is 10.8. The fourth-order valence-corrected chi connectivity index (χ4v) is 2.67. The molecule has 0 spiro atoms. The van der Waals surface area contributed by atoms with Crippen molar-refractivity contribution in [3.63, 3.8) is 0 Å². The number of hydrogen-bond donors (Lipinski definition) is 1. The zero-order chi connectivity index (χ0) is 12.5. The van der Waals surface area contributed by atoms with Crippen molar-refractivity contribution in [2.45, 2.75) is 26.2 Å². The Morgan fingerprint density at radius 1 is 1.44 bits per heavy atom. The molecule has 2 aromatic rings. The van der Waals surface area contributed by atoms with Gasteiger partial charge in [-0.3, -0.25) is 9.89 Å².